The minimum atomic E-state index is -1.20. The van der Waals surface area contributed by atoms with Crippen LogP contribution in [0.15, 0.2) is 28.0 Å². The molecule has 2 saturated carbocycles. The quantitative estimate of drug-likeness (QED) is 0.592. The van der Waals surface area contributed by atoms with Gasteiger partial charge in [-0.05, 0) is 42.7 Å². The molecule has 7 nitrogen and oxygen atoms in total. The van der Waals surface area contributed by atoms with Gasteiger partial charge in [0.05, 0.1) is 26.9 Å². The molecule has 1 saturated heterocycles. The van der Waals surface area contributed by atoms with Crippen molar-refractivity contribution in [2.24, 2.45) is 29.6 Å². The van der Waals surface area contributed by atoms with Gasteiger partial charge in [-0.25, -0.2) is 4.79 Å². The molecule has 11 heteroatoms. The van der Waals surface area contributed by atoms with Crippen molar-refractivity contribution >= 4 is 64.1 Å². The zero-order valence-electron chi connectivity index (χ0n) is 17.2. The first-order valence-electron chi connectivity index (χ1n) is 10.6. The number of nitrogens with one attached hydrogen (secondary N) is 1. The third kappa shape index (κ3) is 2.82. The monoisotopic (exact) mass is 524 g/mol. The molecule has 2 amide bonds. The smallest absolute Gasteiger partial charge is 0.326 e. The maximum atomic E-state index is 13.4. The fourth-order valence-corrected chi connectivity index (χ4v) is 9.95. The lowest BCUT2D eigenvalue weighted by Gasteiger charge is -2.43. The average molecular weight is 525 g/mol. The van der Waals surface area contributed by atoms with E-state index in [0.29, 0.717) is 10.0 Å². The number of aromatic amines is 1. The molecule has 2 N–H and O–H groups in total. The van der Waals surface area contributed by atoms with Crippen LogP contribution in [-0.4, -0.2) is 44.1 Å². The number of H-pyrrole nitrogens is 1. The van der Waals surface area contributed by atoms with Gasteiger partial charge in [-0.15, -0.1) is 11.8 Å². The number of likely N-dealkylation sites (tertiary alicyclic amines) is 1. The first-order valence-corrected chi connectivity index (χ1v) is 13.1. The van der Waals surface area contributed by atoms with Gasteiger partial charge in [-0.2, -0.15) is 0 Å². The van der Waals surface area contributed by atoms with E-state index in [4.69, 9.17) is 23.2 Å². The number of imide groups is 1. The second kappa shape index (κ2) is 7.34. The standard InChI is InChI=1S/C22H18Cl2N2O5S2/c1-6(21(29)30)26-19(27)13-8-5-9(14(13)20(26)28)16-12(8)11(7-3-2-4-10(23)15(7)24)17-18(32-16)25-22(31)33-17/h2-4,6,8-9,11-14,16H,5H2,1H3,(H,25,31)(H,29,30)/t6?,8?,9?,11-,12?,13?,14?,16?/m1/s1. The van der Waals surface area contributed by atoms with Crippen molar-refractivity contribution in [2.45, 2.75) is 35.6 Å². The highest BCUT2D eigenvalue weighted by molar-refractivity contribution is 8.00. The molecule has 8 atom stereocenters. The van der Waals surface area contributed by atoms with Crippen LogP contribution in [0.3, 0.4) is 0 Å². The van der Waals surface area contributed by atoms with Gasteiger partial charge in [0.15, 0.2) is 0 Å². The predicted octanol–water partition coefficient (Wildman–Crippen LogP) is 3.69. The van der Waals surface area contributed by atoms with Crippen LogP contribution in [0.1, 0.15) is 29.7 Å². The SMILES string of the molecule is CC(C(=O)O)N1C(=O)C2C3CC(C2C1=O)C1C3Sc2[nH]c(=O)sc2[C@@H]1c1cccc(Cl)c1Cl. The maximum Gasteiger partial charge on any atom is 0.326 e. The average Bonchev–Trinajstić information content (AvgIpc) is 3.48. The van der Waals surface area contributed by atoms with Crippen molar-refractivity contribution in [1.29, 1.82) is 0 Å². The lowest BCUT2D eigenvalue weighted by molar-refractivity contribution is -0.154. The summed E-state index contributed by atoms with van der Waals surface area (Å²) in [6.45, 7) is 1.37. The second-order valence-electron chi connectivity index (χ2n) is 9.16. The van der Waals surface area contributed by atoms with E-state index >= 15 is 0 Å². The molecule has 0 spiro atoms. The Morgan fingerprint density at radius 3 is 2.58 bits per heavy atom. The van der Waals surface area contributed by atoms with E-state index < -0.39 is 23.8 Å². The van der Waals surface area contributed by atoms with Gasteiger partial charge in [0.2, 0.25) is 11.8 Å². The van der Waals surface area contributed by atoms with Crippen LogP contribution in [0.2, 0.25) is 10.0 Å². The van der Waals surface area contributed by atoms with Crippen molar-refractivity contribution in [3.05, 3.63) is 48.4 Å². The summed E-state index contributed by atoms with van der Waals surface area (Å²) in [5.74, 6) is -3.45. The minimum Gasteiger partial charge on any atom is -0.480 e. The van der Waals surface area contributed by atoms with E-state index in [1.54, 1.807) is 17.8 Å². The number of carboxylic acid groups (broad SMARTS) is 1. The van der Waals surface area contributed by atoms with Gasteiger partial charge in [0.25, 0.3) is 0 Å². The molecule has 33 heavy (non-hydrogen) atoms. The van der Waals surface area contributed by atoms with E-state index in [9.17, 15) is 24.3 Å². The largest absolute Gasteiger partial charge is 0.480 e. The molecule has 7 unspecified atom stereocenters. The first kappa shape index (κ1) is 21.7. The Morgan fingerprint density at radius 1 is 1.18 bits per heavy atom. The summed E-state index contributed by atoms with van der Waals surface area (Å²) in [6.07, 6.45) is 0.721. The summed E-state index contributed by atoms with van der Waals surface area (Å²) in [4.78, 5) is 55.1. The number of carboxylic acids is 1. The number of aliphatic carboxylic acids is 1. The molecule has 2 aliphatic heterocycles. The second-order valence-corrected chi connectivity index (χ2v) is 12.2. The third-order valence-electron chi connectivity index (χ3n) is 7.82. The van der Waals surface area contributed by atoms with Gasteiger partial charge >= 0.3 is 10.8 Å². The molecule has 3 fully saturated rings. The van der Waals surface area contributed by atoms with Crippen LogP contribution in [0.5, 0.6) is 0 Å². The molecular weight excluding hydrogens is 507 g/mol. The fourth-order valence-electron chi connectivity index (χ4n) is 6.64. The first-order chi connectivity index (χ1) is 15.7. The summed E-state index contributed by atoms with van der Waals surface area (Å²) in [5, 5.41) is 11.1. The molecule has 2 bridgehead atoms. The number of rotatable bonds is 3. The van der Waals surface area contributed by atoms with E-state index in [0.717, 1.165) is 38.1 Å². The van der Waals surface area contributed by atoms with E-state index in [2.05, 4.69) is 4.98 Å². The number of fused-ring (bicyclic) bond motifs is 9. The fraction of sp³-hybridized carbons (Fsp3) is 0.455. The van der Waals surface area contributed by atoms with Crippen molar-refractivity contribution in [3.63, 3.8) is 0 Å². The summed E-state index contributed by atoms with van der Waals surface area (Å²) in [7, 11) is 0. The summed E-state index contributed by atoms with van der Waals surface area (Å²) < 4.78 is 0. The van der Waals surface area contributed by atoms with Crippen LogP contribution >= 0.6 is 46.3 Å². The Labute approximate surface area is 206 Å². The molecule has 4 aliphatic rings. The lowest BCUT2D eigenvalue weighted by Crippen LogP contribution is -2.44. The Balaban J connectivity index is 1.48. The molecule has 2 aromatic rings. The van der Waals surface area contributed by atoms with Crippen molar-refractivity contribution in [2.75, 3.05) is 0 Å². The Bertz CT molecular complexity index is 1290. The number of carbonyl (C=O) groups is 3. The maximum absolute atomic E-state index is 13.4. The van der Waals surface area contributed by atoms with Crippen LogP contribution in [0.25, 0.3) is 0 Å². The Hall–Kier alpha value is -1.81. The van der Waals surface area contributed by atoms with Gasteiger partial charge < -0.3 is 10.1 Å². The van der Waals surface area contributed by atoms with Crippen molar-refractivity contribution in [1.82, 2.24) is 9.88 Å². The predicted molar refractivity (Wildman–Crippen MR) is 124 cm³/mol. The number of thioether (sulfide) groups is 1. The zero-order chi connectivity index (χ0) is 23.3. The number of benzene rings is 1. The Kier molecular flexibility index (Phi) is 4.83. The Morgan fingerprint density at radius 2 is 1.88 bits per heavy atom. The van der Waals surface area contributed by atoms with Crippen LogP contribution < -0.4 is 4.87 Å². The molecule has 172 valence electrons. The number of aromatic nitrogens is 1. The van der Waals surface area contributed by atoms with Gasteiger partial charge in [0, 0.05) is 16.0 Å². The summed E-state index contributed by atoms with van der Waals surface area (Å²) >= 11 is 15.7. The topological polar surface area (TPSA) is 108 Å². The van der Waals surface area contributed by atoms with Gasteiger partial charge in [0.1, 0.15) is 6.04 Å². The van der Waals surface area contributed by atoms with E-state index in [1.165, 1.54) is 6.92 Å². The number of hydrogen-bond donors (Lipinski definition) is 2. The number of carbonyl (C=O) groups excluding carboxylic acids is 2. The molecule has 2 aliphatic carbocycles. The highest BCUT2D eigenvalue weighted by Crippen LogP contribution is 2.69. The molecule has 1 aromatic carbocycles. The number of hydrogen-bond acceptors (Lipinski definition) is 6. The van der Waals surface area contributed by atoms with Gasteiger partial charge in [-0.3, -0.25) is 19.3 Å². The van der Waals surface area contributed by atoms with Crippen LogP contribution in [0, 0.1) is 29.6 Å². The lowest BCUT2D eigenvalue weighted by atomic mass is 9.68. The highest BCUT2D eigenvalue weighted by Gasteiger charge is 2.70. The molecule has 1 aromatic heterocycles. The highest BCUT2D eigenvalue weighted by atomic mass is 35.5. The van der Waals surface area contributed by atoms with E-state index in [1.807, 2.05) is 12.1 Å². The number of nitrogens with zero attached hydrogens (tertiary/aromatic N) is 1. The van der Waals surface area contributed by atoms with Crippen LogP contribution in [0.4, 0.5) is 0 Å². The molecule has 3 heterocycles. The minimum absolute atomic E-state index is 0.00545. The summed E-state index contributed by atoms with van der Waals surface area (Å²) in [5.41, 5.74) is 0.813. The molecular formula is C22H18Cl2N2O5S2. The third-order valence-corrected chi connectivity index (χ3v) is 11.2. The van der Waals surface area contributed by atoms with E-state index in [-0.39, 0.29) is 45.6 Å². The van der Waals surface area contributed by atoms with Crippen molar-refractivity contribution < 1.29 is 19.5 Å². The summed E-state index contributed by atoms with van der Waals surface area (Å²) in [6, 6.07) is 4.25. The number of thiazole rings is 1. The zero-order valence-corrected chi connectivity index (χ0v) is 20.3. The number of amides is 2. The van der Waals surface area contributed by atoms with Gasteiger partial charge in [-0.1, -0.05) is 46.7 Å². The van der Waals surface area contributed by atoms with Crippen LogP contribution in [-0.2, 0) is 14.4 Å². The molecule has 0 radical (unpaired) electrons. The normalized spacial score (nSPS) is 34.9. The van der Waals surface area contributed by atoms with Crippen molar-refractivity contribution in [3.8, 4) is 0 Å². The number of halogens is 2. The molecule has 6 rings (SSSR count).